The molecule has 0 fully saturated rings. The van der Waals surface area contributed by atoms with Crippen molar-refractivity contribution in [2.75, 3.05) is 10.2 Å². The highest BCUT2D eigenvalue weighted by molar-refractivity contribution is 6.35. The summed E-state index contributed by atoms with van der Waals surface area (Å²) in [7, 11) is 0. The van der Waals surface area contributed by atoms with Crippen LogP contribution in [-0.2, 0) is 0 Å². The van der Waals surface area contributed by atoms with Crippen LogP contribution < -0.4 is 10.2 Å². The predicted octanol–water partition coefficient (Wildman–Crippen LogP) is 5.16. The maximum Gasteiger partial charge on any atom is 0.260 e. The Balaban J connectivity index is 1.79. The van der Waals surface area contributed by atoms with Gasteiger partial charge in [-0.05, 0) is 36.4 Å². The fourth-order valence-electron chi connectivity index (χ4n) is 3.02. The number of carbonyl (C=O) groups excluding carboxylic acids is 1. The molecule has 0 saturated carbocycles. The van der Waals surface area contributed by atoms with Crippen molar-refractivity contribution in [3.8, 4) is 0 Å². The van der Waals surface area contributed by atoms with Gasteiger partial charge in [0.2, 0.25) is 0 Å². The maximum absolute atomic E-state index is 12.9. The van der Waals surface area contributed by atoms with Crippen molar-refractivity contribution in [2.24, 2.45) is 0 Å². The standard InChI is InChI=1S/C19H13Cl2N3O/c20-12-8-13(21)10-14(9-12)23-18-16-5-1-2-6-17(16)19(25)24(18)15-4-3-7-22-11-15/h1-11,18,23H/t18-/m1/s1. The zero-order valence-corrected chi connectivity index (χ0v) is 14.5. The molecule has 1 aliphatic heterocycles. The number of anilines is 2. The fourth-order valence-corrected chi connectivity index (χ4v) is 3.54. The highest BCUT2D eigenvalue weighted by Crippen LogP contribution is 2.38. The van der Waals surface area contributed by atoms with Gasteiger partial charge in [0.25, 0.3) is 5.91 Å². The highest BCUT2D eigenvalue weighted by Gasteiger charge is 2.37. The topological polar surface area (TPSA) is 45.2 Å². The smallest absolute Gasteiger partial charge is 0.260 e. The maximum atomic E-state index is 12.9. The van der Waals surface area contributed by atoms with Gasteiger partial charge in [-0.25, -0.2) is 0 Å². The predicted molar refractivity (Wildman–Crippen MR) is 100 cm³/mol. The van der Waals surface area contributed by atoms with Crippen molar-refractivity contribution < 1.29 is 4.79 Å². The molecule has 6 heteroatoms. The molecule has 4 rings (SSSR count). The van der Waals surface area contributed by atoms with Gasteiger partial charge in [0.15, 0.2) is 0 Å². The number of amides is 1. The van der Waals surface area contributed by atoms with Gasteiger partial charge in [0, 0.05) is 33.1 Å². The summed E-state index contributed by atoms with van der Waals surface area (Å²) in [6.07, 6.45) is 2.97. The molecule has 0 aliphatic carbocycles. The van der Waals surface area contributed by atoms with Gasteiger partial charge in [-0.1, -0.05) is 41.4 Å². The molecule has 1 aromatic heterocycles. The Kier molecular flexibility index (Phi) is 4.07. The van der Waals surface area contributed by atoms with Crippen molar-refractivity contribution in [2.45, 2.75) is 6.17 Å². The van der Waals surface area contributed by atoms with Gasteiger partial charge in [0.1, 0.15) is 6.17 Å². The number of fused-ring (bicyclic) bond motifs is 1. The van der Waals surface area contributed by atoms with Crippen LogP contribution in [-0.4, -0.2) is 10.9 Å². The molecule has 25 heavy (non-hydrogen) atoms. The number of pyridine rings is 1. The van der Waals surface area contributed by atoms with Crippen LogP contribution in [0.5, 0.6) is 0 Å². The summed E-state index contributed by atoms with van der Waals surface area (Å²) in [6.45, 7) is 0. The highest BCUT2D eigenvalue weighted by atomic mass is 35.5. The molecule has 0 radical (unpaired) electrons. The average Bonchev–Trinajstić information content (AvgIpc) is 2.87. The molecule has 0 spiro atoms. The van der Waals surface area contributed by atoms with Crippen molar-refractivity contribution in [1.82, 2.24) is 4.98 Å². The van der Waals surface area contributed by atoms with Gasteiger partial charge in [-0.15, -0.1) is 0 Å². The lowest BCUT2D eigenvalue weighted by Gasteiger charge is -2.27. The molecule has 4 nitrogen and oxygen atoms in total. The summed E-state index contributed by atoms with van der Waals surface area (Å²) in [6, 6.07) is 16.4. The van der Waals surface area contributed by atoms with Gasteiger partial charge < -0.3 is 5.32 Å². The lowest BCUT2D eigenvalue weighted by molar-refractivity contribution is 0.0993. The molecule has 124 valence electrons. The number of carbonyl (C=O) groups is 1. The fraction of sp³-hybridized carbons (Fsp3) is 0.0526. The SMILES string of the molecule is O=C1c2ccccc2[C@H](Nc2cc(Cl)cc(Cl)c2)N1c1cccnc1. The summed E-state index contributed by atoms with van der Waals surface area (Å²) in [5, 5.41) is 4.42. The van der Waals surface area contributed by atoms with E-state index in [4.69, 9.17) is 23.2 Å². The Morgan fingerprint density at radius 2 is 1.76 bits per heavy atom. The lowest BCUT2D eigenvalue weighted by Crippen LogP contribution is -2.32. The molecule has 0 bridgehead atoms. The lowest BCUT2D eigenvalue weighted by atomic mass is 10.1. The number of hydrogen-bond acceptors (Lipinski definition) is 3. The third-order valence-corrected chi connectivity index (χ3v) is 4.49. The van der Waals surface area contributed by atoms with E-state index in [2.05, 4.69) is 10.3 Å². The molecule has 2 aromatic carbocycles. The van der Waals surface area contributed by atoms with Crippen LogP contribution in [0.3, 0.4) is 0 Å². The molecule has 2 heterocycles. The molecule has 0 unspecified atom stereocenters. The minimum atomic E-state index is -0.373. The number of aromatic nitrogens is 1. The second-order valence-corrected chi connectivity index (χ2v) is 6.55. The number of nitrogens with one attached hydrogen (secondary N) is 1. The first-order valence-electron chi connectivity index (χ1n) is 7.68. The second-order valence-electron chi connectivity index (χ2n) is 5.68. The van der Waals surface area contributed by atoms with Crippen LogP contribution in [0, 0.1) is 0 Å². The van der Waals surface area contributed by atoms with E-state index >= 15 is 0 Å². The van der Waals surface area contributed by atoms with Gasteiger partial charge >= 0.3 is 0 Å². The summed E-state index contributed by atoms with van der Waals surface area (Å²) >= 11 is 12.2. The minimum absolute atomic E-state index is 0.0748. The van der Waals surface area contributed by atoms with Crippen molar-refractivity contribution in [1.29, 1.82) is 0 Å². The van der Waals surface area contributed by atoms with Crippen LogP contribution >= 0.6 is 23.2 Å². The molecule has 1 amide bonds. The Labute approximate surface area is 155 Å². The Morgan fingerprint density at radius 1 is 1.00 bits per heavy atom. The van der Waals surface area contributed by atoms with E-state index < -0.39 is 0 Å². The summed E-state index contributed by atoms with van der Waals surface area (Å²) in [5.41, 5.74) is 3.01. The zero-order valence-electron chi connectivity index (χ0n) is 13.0. The average molecular weight is 370 g/mol. The Bertz CT molecular complexity index is 926. The molecule has 3 aromatic rings. The Morgan fingerprint density at radius 3 is 2.48 bits per heavy atom. The summed E-state index contributed by atoms with van der Waals surface area (Å²) in [5.74, 6) is -0.0748. The van der Waals surface area contributed by atoms with E-state index in [0.717, 1.165) is 11.3 Å². The van der Waals surface area contributed by atoms with Crippen molar-refractivity contribution in [3.05, 3.63) is 88.2 Å². The third kappa shape index (κ3) is 2.95. The van der Waals surface area contributed by atoms with E-state index in [9.17, 15) is 4.79 Å². The van der Waals surface area contributed by atoms with E-state index in [-0.39, 0.29) is 12.1 Å². The van der Waals surface area contributed by atoms with Gasteiger partial charge in [-0.3, -0.25) is 14.7 Å². The van der Waals surface area contributed by atoms with Crippen LogP contribution in [0.1, 0.15) is 22.1 Å². The van der Waals surface area contributed by atoms with Crippen molar-refractivity contribution in [3.63, 3.8) is 0 Å². The molecular weight excluding hydrogens is 357 g/mol. The molecule has 1 N–H and O–H groups in total. The first kappa shape index (κ1) is 15.9. The summed E-state index contributed by atoms with van der Waals surface area (Å²) < 4.78 is 0. The quantitative estimate of drug-likeness (QED) is 0.693. The van der Waals surface area contributed by atoms with Crippen molar-refractivity contribution >= 4 is 40.5 Å². The number of halogens is 2. The molecule has 0 saturated heterocycles. The van der Waals surface area contributed by atoms with Crippen LogP contribution in [0.25, 0.3) is 0 Å². The number of benzene rings is 2. The number of nitrogens with zero attached hydrogens (tertiary/aromatic N) is 2. The van der Waals surface area contributed by atoms with Gasteiger partial charge in [-0.2, -0.15) is 0 Å². The largest absolute Gasteiger partial charge is 0.361 e. The van der Waals surface area contributed by atoms with Crippen LogP contribution in [0.2, 0.25) is 10.0 Å². The van der Waals surface area contributed by atoms with Gasteiger partial charge in [0.05, 0.1) is 11.9 Å². The van der Waals surface area contributed by atoms with E-state index in [0.29, 0.717) is 21.3 Å². The van der Waals surface area contributed by atoms with Crippen LogP contribution in [0.15, 0.2) is 67.0 Å². The number of rotatable bonds is 3. The number of hydrogen-bond donors (Lipinski definition) is 1. The molecule has 1 atom stereocenters. The van der Waals surface area contributed by atoms with E-state index in [1.807, 2.05) is 30.3 Å². The monoisotopic (exact) mass is 369 g/mol. The first-order chi connectivity index (χ1) is 12.1. The van der Waals surface area contributed by atoms with E-state index in [1.165, 1.54) is 0 Å². The molecule has 1 aliphatic rings. The third-order valence-electron chi connectivity index (χ3n) is 4.05. The minimum Gasteiger partial charge on any atom is -0.361 e. The zero-order chi connectivity index (χ0) is 17.4. The van der Waals surface area contributed by atoms with Crippen LogP contribution in [0.4, 0.5) is 11.4 Å². The first-order valence-corrected chi connectivity index (χ1v) is 8.44. The second kappa shape index (κ2) is 6.39. The Hall–Kier alpha value is -2.56. The normalized spacial score (nSPS) is 16.0. The summed E-state index contributed by atoms with van der Waals surface area (Å²) in [4.78, 5) is 18.8. The molecular formula is C19H13Cl2N3O. The van der Waals surface area contributed by atoms with E-state index in [1.54, 1.807) is 41.6 Å².